The van der Waals surface area contributed by atoms with E-state index in [-0.39, 0.29) is 17.1 Å². The molecule has 0 radical (unpaired) electrons. The van der Waals surface area contributed by atoms with Crippen molar-refractivity contribution >= 4 is 21.8 Å². The first-order valence-electron chi connectivity index (χ1n) is 8.88. The molecular formula is C21H25NO5S. The van der Waals surface area contributed by atoms with Crippen LogP contribution in [0.25, 0.3) is 0 Å². The second-order valence-electron chi connectivity index (χ2n) is 7.51. The highest BCUT2D eigenvalue weighted by atomic mass is 32.2. The summed E-state index contributed by atoms with van der Waals surface area (Å²) in [5, 5.41) is 0. The number of rotatable bonds is 7. The van der Waals surface area contributed by atoms with Gasteiger partial charge in [0, 0.05) is 12.0 Å². The molecule has 0 amide bonds. The highest BCUT2D eigenvalue weighted by molar-refractivity contribution is 7.89. The average Bonchev–Trinajstić information content (AvgIpc) is 2.60. The number of hydrogen-bond donors (Lipinski definition) is 1. The monoisotopic (exact) mass is 403 g/mol. The van der Waals surface area contributed by atoms with Gasteiger partial charge in [0.05, 0.1) is 4.90 Å². The lowest BCUT2D eigenvalue weighted by Gasteiger charge is -2.24. The molecule has 2 aromatic rings. The lowest BCUT2D eigenvalue weighted by molar-refractivity contribution is -0.156. The van der Waals surface area contributed by atoms with Gasteiger partial charge in [-0.2, -0.15) is 4.72 Å². The number of hydrogen-bond acceptors (Lipinski definition) is 5. The van der Waals surface area contributed by atoms with Crippen LogP contribution in [0.1, 0.15) is 43.1 Å². The van der Waals surface area contributed by atoms with Crippen LogP contribution in [-0.2, 0) is 19.6 Å². The lowest BCUT2D eigenvalue weighted by Crippen LogP contribution is -2.45. The first-order chi connectivity index (χ1) is 13.0. The van der Waals surface area contributed by atoms with Gasteiger partial charge in [0.2, 0.25) is 10.0 Å². The Morgan fingerprint density at radius 2 is 1.57 bits per heavy atom. The molecule has 0 unspecified atom stereocenters. The Balaban J connectivity index is 2.28. The Morgan fingerprint density at radius 3 is 2.11 bits per heavy atom. The molecule has 0 heterocycles. The van der Waals surface area contributed by atoms with E-state index in [0.29, 0.717) is 5.56 Å². The van der Waals surface area contributed by atoms with Crippen molar-refractivity contribution in [1.82, 2.24) is 4.72 Å². The Kier molecular flexibility index (Phi) is 6.74. The number of ether oxygens (including phenoxy) is 1. The van der Waals surface area contributed by atoms with E-state index in [4.69, 9.17) is 4.74 Å². The summed E-state index contributed by atoms with van der Waals surface area (Å²) >= 11 is 0. The molecule has 0 saturated carbocycles. The van der Waals surface area contributed by atoms with E-state index in [0.717, 1.165) is 5.56 Å². The molecule has 0 aliphatic carbocycles. The summed E-state index contributed by atoms with van der Waals surface area (Å²) in [7, 11) is -4.01. The molecule has 150 valence electrons. The number of nitrogens with one attached hydrogen (secondary N) is 1. The van der Waals surface area contributed by atoms with E-state index < -0.39 is 27.6 Å². The Labute approximate surface area is 166 Å². The minimum absolute atomic E-state index is 0.0128. The summed E-state index contributed by atoms with van der Waals surface area (Å²) in [6.07, 6.45) is -0.343. The van der Waals surface area contributed by atoms with E-state index in [1.165, 1.54) is 12.1 Å². The van der Waals surface area contributed by atoms with Crippen molar-refractivity contribution < 1.29 is 22.7 Å². The van der Waals surface area contributed by atoms with Crippen molar-refractivity contribution in [2.75, 3.05) is 0 Å². The summed E-state index contributed by atoms with van der Waals surface area (Å²) in [5.41, 5.74) is 0.480. The third-order valence-corrected chi connectivity index (χ3v) is 5.29. The van der Waals surface area contributed by atoms with Gasteiger partial charge in [0.15, 0.2) is 5.78 Å². The zero-order chi connectivity index (χ0) is 20.9. The van der Waals surface area contributed by atoms with Crippen LogP contribution in [0.15, 0.2) is 59.5 Å². The SMILES string of the molecule is Cc1ccc(S(=O)(=O)N[C@@H](CC(=O)c2ccccc2)C(=O)OC(C)(C)C)cc1. The van der Waals surface area contributed by atoms with Crippen molar-refractivity contribution in [3.8, 4) is 0 Å². The number of sulfonamides is 1. The first-order valence-corrected chi connectivity index (χ1v) is 10.4. The molecule has 0 bridgehead atoms. The van der Waals surface area contributed by atoms with E-state index in [2.05, 4.69) is 4.72 Å². The van der Waals surface area contributed by atoms with Crippen LogP contribution in [0.2, 0.25) is 0 Å². The fraction of sp³-hybridized carbons (Fsp3) is 0.333. The lowest BCUT2D eigenvalue weighted by atomic mass is 10.0. The maximum atomic E-state index is 12.7. The van der Waals surface area contributed by atoms with Gasteiger partial charge in [-0.05, 0) is 39.8 Å². The summed E-state index contributed by atoms with van der Waals surface area (Å²) in [6.45, 7) is 6.87. The molecule has 1 atom stereocenters. The number of carbonyl (C=O) groups excluding carboxylic acids is 2. The molecule has 28 heavy (non-hydrogen) atoms. The quantitative estimate of drug-likeness (QED) is 0.566. The molecule has 0 aliphatic rings. The Hall–Kier alpha value is -2.51. The van der Waals surface area contributed by atoms with Crippen LogP contribution in [0, 0.1) is 6.92 Å². The number of aryl methyl sites for hydroxylation is 1. The highest BCUT2D eigenvalue weighted by Crippen LogP contribution is 2.16. The van der Waals surface area contributed by atoms with Crippen LogP contribution >= 0.6 is 0 Å². The summed E-state index contributed by atoms with van der Waals surface area (Å²) in [6, 6.07) is 13.3. The van der Waals surface area contributed by atoms with Crippen LogP contribution in [0.4, 0.5) is 0 Å². The van der Waals surface area contributed by atoms with Gasteiger partial charge < -0.3 is 4.74 Å². The van der Waals surface area contributed by atoms with Gasteiger partial charge in [-0.25, -0.2) is 8.42 Å². The third kappa shape index (κ3) is 6.28. The van der Waals surface area contributed by atoms with Gasteiger partial charge in [-0.3, -0.25) is 9.59 Å². The molecule has 6 nitrogen and oxygen atoms in total. The predicted molar refractivity (Wildman–Crippen MR) is 107 cm³/mol. The molecule has 0 fully saturated rings. The summed E-state index contributed by atoms with van der Waals surface area (Å²) in [5.74, 6) is -1.16. The standard InChI is InChI=1S/C21H25NO5S/c1-15-10-12-17(13-11-15)28(25,26)22-18(20(24)27-21(2,3)4)14-19(23)16-8-6-5-7-9-16/h5-13,18,22H,14H2,1-4H3/t18-/m0/s1. The van der Waals surface area contributed by atoms with Crippen LogP contribution in [-0.4, -0.2) is 31.8 Å². The van der Waals surface area contributed by atoms with Crippen molar-refractivity contribution in [3.05, 3.63) is 65.7 Å². The molecule has 7 heteroatoms. The molecule has 0 aliphatic heterocycles. The zero-order valence-corrected chi connectivity index (χ0v) is 17.2. The van der Waals surface area contributed by atoms with Gasteiger partial charge in [-0.1, -0.05) is 48.0 Å². The smallest absolute Gasteiger partial charge is 0.325 e. The average molecular weight is 404 g/mol. The fourth-order valence-electron chi connectivity index (χ4n) is 2.45. The van der Waals surface area contributed by atoms with E-state index in [1.807, 2.05) is 6.92 Å². The topological polar surface area (TPSA) is 89.5 Å². The molecular weight excluding hydrogens is 378 g/mol. The molecule has 2 aromatic carbocycles. The fourth-order valence-corrected chi connectivity index (χ4v) is 3.63. The molecule has 0 spiro atoms. The number of ketones is 1. The zero-order valence-electron chi connectivity index (χ0n) is 16.4. The van der Waals surface area contributed by atoms with E-state index in [1.54, 1.807) is 63.2 Å². The molecule has 0 saturated heterocycles. The van der Waals surface area contributed by atoms with Crippen LogP contribution in [0.3, 0.4) is 0 Å². The van der Waals surface area contributed by atoms with Crippen molar-refractivity contribution in [2.24, 2.45) is 0 Å². The normalized spacial score (nSPS) is 13.0. The maximum absolute atomic E-state index is 12.7. The minimum atomic E-state index is -4.01. The van der Waals surface area contributed by atoms with Crippen LogP contribution in [0.5, 0.6) is 0 Å². The summed E-state index contributed by atoms with van der Waals surface area (Å²) < 4.78 is 33.1. The number of carbonyl (C=O) groups is 2. The molecule has 1 N–H and O–H groups in total. The Bertz CT molecular complexity index is 929. The van der Waals surface area contributed by atoms with Crippen molar-refractivity contribution in [3.63, 3.8) is 0 Å². The molecule has 0 aromatic heterocycles. The van der Waals surface area contributed by atoms with Gasteiger partial charge >= 0.3 is 5.97 Å². The number of benzene rings is 2. The second kappa shape index (κ2) is 8.67. The highest BCUT2D eigenvalue weighted by Gasteiger charge is 2.31. The van der Waals surface area contributed by atoms with Crippen LogP contribution < -0.4 is 4.72 Å². The third-order valence-electron chi connectivity index (χ3n) is 3.81. The maximum Gasteiger partial charge on any atom is 0.325 e. The minimum Gasteiger partial charge on any atom is -0.459 e. The van der Waals surface area contributed by atoms with Gasteiger partial charge in [0.25, 0.3) is 0 Å². The molecule has 2 rings (SSSR count). The largest absolute Gasteiger partial charge is 0.459 e. The first kappa shape index (κ1) is 21.8. The van der Waals surface area contributed by atoms with Gasteiger partial charge in [0.1, 0.15) is 11.6 Å². The number of esters is 1. The van der Waals surface area contributed by atoms with Gasteiger partial charge in [-0.15, -0.1) is 0 Å². The predicted octanol–water partition coefficient (Wildman–Crippen LogP) is 3.26. The van der Waals surface area contributed by atoms with E-state index in [9.17, 15) is 18.0 Å². The second-order valence-corrected chi connectivity index (χ2v) is 9.23. The van der Waals surface area contributed by atoms with Crippen molar-refractivity contribution in [1.29, 1.82) is 0 Å². The van der Waals surface area contributed by atoms with Crippen molar-refractivity contribution in [2.45, 2.75) is 50.7 Å². The van der Waals surface area contributed by atoms with E-state index >= 15 is 0 Å². The Morgan fingerprint density at radius 1 is 1.00 bits per heavy atom. The summed E-state index contributed by atoms with van der Waals surface area (Å²) in [4.78, 5) is 25.1. The number of Topliss-reactive ketones (excluding diaryl/α,β-unsaturated/α-hetero) is 1.